The molecule has 0 aliphatic rings. The molecule has 1 rings (SSSR count). The number of nitrogens with zero attached hydrogens (tertiary/aromatic N) is 1. The van der Waals surface area contributed by atoms with Crippen LogP contribution < -0.4 is 5.73 Å². The summed E-state index contributed by atoms with van der Waals surface area (Å²) in [5, 5.41) is -0.575. The van der Waals surface area contributed by atoms with E-state index in [1.165, 1.54) is 0 Å². The average Bonchev–Trinajstić information content (AvgIpc) is 1.94. The van der Waals surface area contributed by atoms with E-state index in [4.69, 9.17) is 17.3 Å². The lowest BCUT2D eigenvalue weighted by molar-refractivity contribution is 0.108. The zero-order valence-corrected chi connectivity index (χ0v) is 8.26. The molecule has 5 heteroatoms. The molecule has 0 saturated heterocycles. The van der Waals surface area contributed by atoms with Crippen LogP contribution in [0.2, 0.25) is 0 Å². The highest BCUT2D eigenvalue weighted by Gasteiger charge is 2.07. The lowest BCUT2D eigenvalue weighted by Gasteiger charge is -1.98. The summed E-state index contributed by atoms with van der Waals surface area (Å²) in [4.78, 5) is 14.4. The van der Waals surface area contributed by atoms with Gasteiger partial charge in [-0.15, -0.1) is 0 Å². The molecule has 1 heterocycles. The van der Waals surface area contributed by atoms with Gasteiger partial charge in [-0.25, -0.2) is 4.98 Å². The van der Waals surface area contributed by atoms with Gasteiger partial charge in [0.05, 0.1) is 5.56 Å². The van der Waals surface area contributed by atoms with Crippen LogP contribution in [0.15, 0.2) is 12.3 Å². The monoisotopic (exact) mass is 282 g/mol. The first-order valence-corrected chi connectivity index (χ1v) is 4.18. The Hall–Kier alpha value is -0.360. The quantitative estimate of drug-likeness (QED) is 0.629. The Balaban J connectivity index is 3.23. The van der Waals surface area contributed by atoms with E-state index in [-0.39, 0.29) is 11.4 Å². The fraction of sp³-hybridized carbons (Fsp3) is 0. The van der Waals surface area contributed by atoms with Gasteiger partial charge in [0.2, 0.25) is 0 Å². The number of rotatable bonds is 1. The van der Waals surface area contributed by atoms with Crippen molar-refractivity contribution >= 4 is 45.3 Å². The Morgan fingerprint density at radius 2 is 2.36 bits per heavy atom. The molecule has 0 fully saturated rings. The molecule has 3 nitrogen and oxygen atoms in total. The third-order valence-corrected chi connectivity index (χ3v) is 1.89. The van der Waals surface area contributed by atoms with Gasteiger partial charge in [0.25, 0.3) is 5.24 Å². The fourth-order valence-corrected chi connectivity index (χ4v) is 1.21. The molecule has 1 aromatic heterocycles. The number of carbonyl (C=O) groups is 1. The van der Waals surface area contributed by atoms with Gasteiger partial charge in [0.1, 0.15) is 5.82 Å². The SMILES string of the molecule is Nc1ncc(I)cc1C(=O)Cl. The molecule has 0 spiro atoms. The second-order valence-electron chi connectivity index (χ2n) is 1.86. The van der Waals surface area contributed by atoms with E-state index in [1.807, 2.05) is 22.6 Å². The van der Waals surface area contributed by atoms with Gasteiger partial charge >= 0.3 is 0 Å². The maximum absolute atomic E-state index is 10.7. The van der Waals surface area contributed by atoms with Crippen LogP contribution in [0.3, 0.4) is 0 Å². The summed E-state index contributed by atoms with van der Waals surface area (Å²) in [7, 11) is 0. The van der Waals surface area contributed by atoms with Crippen LogP contribution in [-0.2, 0) is 0 Å². The van der Waals surface area contributed by atoms with Gasteiger partial charge in [-0.2, -0.15) is 0 Å². The number of anilines is 1. The second-order valence-corrected chi connectivity index (χ2v) is 3.45. The van der Waals surface area contributed by atoms with Gasteiger partial charge in [-0.3, -0.25) is 4.79 Å². The molecule has 0 amide bonds. The van der Waals surface area contributed by atoms with E-state index in [0.717, 1.165) is 3.57 Å². The second kappa shape index (κ2) is 3.36. The van der Waals surface area contributed by atoms with Crippen molar-refractivity contribution in [1.29, 1.82) is 0 Å². The molecule has 0 saturated carbocycles. The molecule has 0 radical (unpaired) electrons. The lowest BCUT2D eigenvalue weighted by Crippen LogP contribution is -2.00. The van der Waals surface area contributed by atoms with Gasteiger partial charge in [-0.05, 0) is 40.3 Å². The van der Waals surface area contributed by atoms with Crippen molar-refractivity contribution in [2.75, 3.05) is 5.73 Å². The van der Waals surface area contributed by atoms with Crippen molar-refractivity contribution in [2.45, 2.75) is 0 Å². The molecule has 2 N–H and O–H groups in total. The van der Waals surface area contributed by atoms with E-state index in [0.29, 0.717) is 0 Å². The van der Waals surface area contributed by atoms with E-state index >= 15 is 0 Å². The number of hydrogen-bond donors (Lipinski definition) is 1. The number of hydrogen-bond acceptors (Lipinski definition) is 3. The van der Waals surface area contributed by atoms with Crippen LogP contribution in [0.5, 0.6) is 0 Å². The van der Waals surface area contributed by atoms with Crippen LogP contribution in [0.25, 0.3) is 0 Å². The number of pyridine rings is 1. The third-order valence-electron chi connectivity index (χ3n) is 1.10. The molecule has 11 heavy (non-hydrogen) atoms. The molecule has 58 valence electrons. The molecule has 1 aromatic rings. The van der Waals surface area contributed by atoms with Crippen LogP contribution in [0.4, 0.5) is 5.82 Å². The average molecular weight is 282 g/mol. The molecule has 0 bridgehead atoms. The van der Waals surface area contributed by atoms with E-state index in [9.17, 15) is 4.79 Å². The van der Waals surface area contributed by atoms with E-state index in [1.54, 1.807) is 12.3 Å². The third kappa shape index (κ3) is 2.03. The summed E-state index contributed by atoms with van der Waals surface area (Å²) in [6.07, 6.45) is 1.57. The minimum absolute atomic E-state index is 0.172. The van der Waals surface area contributed by atoms with Crippen molar-refractivity contribution in [3.8, 4) is 0 Å². The van der Waals surface area contributed by atoms with Crippen LogP contribution in [0.1, 0.15) is 10.4 Å². The topological polar surface area (TPSA) is 56.0 Å². The smallest absolute Gasteiger partial charge is 0.256 e. The number of aromatic nitrogens is 1. The van der Waals surface area contributed by atoms with Crippen molar-refractivity contribution in [3.63, 3.8) is 0 Å². The summed E-state index contributed by atoms with van der Waals surface area (Å²) in [5.74, 6) is 0.172. The normalized spacial score (nSPS) is 9.64. The number of nitrogens with two attached hydrogens (primary N) is 1. The van der Waals surface area contributed by atoms with Gasteiger partial charge in [0, 0.05) is 9.77 Å². The Kier molecular flexibility index (Phi) is 2.67. The summed E-state index contributed by atoms with van der Waals surface area (Å²) in [6, 6.07) is 1.60. The molecule has 0 aliphatic carbocycles. The van der Waals surface area contributed by atoms with Crippen molar-refractivity contribution in [1.82, 2.24) is 4.98 Å². The Labute approximate surface area is 82.1 Å². The fourth-order valence-electron chi connectivity index (χ4n) is 0.607. The summed E-state index contributed by atoms with van der Waals surface area (Å²) in [5.41, 5.74) is 5.63. The Morgan fingerprint density at radius 1 is 1.73 bits per heavy atom. The number of halogens is 2. The Bertz CT molecular complexity index is 303. The van der Waals surface area contributed by atoms with Crippen molar-refractivity contribution < 1.29 is 4.79 Å². The molecule has 0 unspecified atom stereocenters. The van der Waals surface area contributed by atoms with Crippen LogP contribution >= 0.6 is 34.2 Å². The van der Waals surface area contributed by atoms with Crippen molar-refractivity contribution in [2.24, 2.45) is 0 Å². The summed E-state index contributed by atoms with van der Waals surface area (Å²) < 4.78 is 0.834. The molecule has 0 aromatic carbocycles. The van der Waals surface area contributed by atoms with Crippen LogP contribution in [0, 0.1) is 3.57 Å². The predicted molar refractivity (Wildman–Crippen MR) is 51.5 cm³/mol. The molecule has 0 atom stereocenters. The van der Waals surface area contributed by atoms with Gasteiger partial charge in [-0.1, -0.05) is 0 Å². The van der Waals surface area contributed by atoms with E-state index < -0.39 is 5.24 Å². The number of carbonyl (C=O) groups excluding carboxylic acids is 1. The maximum Gasteiger partial charge on any atom is 0.256 e. The standard InChI is InChI=1S/C6H4ClIN2O/c7-5(11)4-1-3(8)2-10-6(4)9/h1-2H,(H2,9,10). The Morgan fingerprint density at radius 3 is 2.82 bits per heavy atom. The summed E-state index contributed by atoms with van der Waals surface area (Å²) in [6.45, 7) is 0. The van der Waals surface area contributed by atoms with Gasteiger partial charge < -0.3 is 5.73 Å². The molecule has 0 aliphatic heterocycles. The highest BCUT2D eigenvalue weighted by atomic mass is 127. The molecular formula is C6H4ClIN2O. The molecular weight excluding hydrogens is 278 g/mol. The minimum Gasteiger partial charge on any atom is -0.383 e. The maximum atomic E-state index is 10.7. The largest absolute Gasteiger partial charge is 0.383 e. The zero-order chi connectivity index (χ0) is 8.43. The van der Waals surface area contributed by atoms with Gasteiger partial charge in [0.15, 0.2) is 0 Å². The first kappa shape index (κ1) is 8.73. The van der Waals surface area contributed by atoms with Crippen LogP contribution in [-0.4, -0.2) is 10.2 Å². The first-order chi connectivity index (χ1) is 5.11. The van der Waals surface area contributed by atoms with Crippen molar-refractivity contribution in [3.05, 3.63) is 21.4 Å². The predicted octanol–water partition coefficient (Wildman–Crippen LogP) is 1.65. The number of nitrogen functional groups attached to an aromatic ring is 1. The highest BCUT2D eigenvalue weighted by Crippen LogP contribution is 2.14. The van der Waals surface area contributed by atoms with E-state index in [2.05, 4.69) is 4.98 Å². The lowest BCUT2D eigenvalue weighted by atomic mass is 10.3. The highest BCUT2D eigenvalue weighted by molar-refractivity contribution is 14.1. The first-order valence-electron chi connectivity index (χ1n) is 2.72. The minimum atomic E-state index is -0.575. The summed E-state index contributed by atoms with van der Waals surface area (Å²) >= 11 is 7.24. The zero-order valence-electron chi connectivity index (χ0n) is 5.34.